The van der Waals surface area contributed by atoms with E-state index in [9.17, 15) is 0 Å². The summed E-state index contributed by atoms with van der Waals surface area (Å²) in [7, 11) is 0. The van der Waals surface area contributed by atoms with Crippen LogP contribution in [0.5, 0.6) is 0 Å². The highest BCUT2D eigenvalue weighted by molar-refractivity contribution is 9.10. The smallest absolute Gasteiger partial charge is 0.246 e. The molecule has 1 aliphatic heterocycles. The van der Waals surface area contributed by atoms with E-state index in [1.54, 1.807) is 6.20 Å². The molecule has 0 amide bonds. The summed E-state index contributed by atoms with van der Waals surface area (Å²) < 4.78 is 11.4. The molecule has 1 aliphatic rings. The Hall–Kier alpha value is -1.31. The van der Waals surface area contributed by atoms with Crippen molar-refractivity contribution in [2.75, 3.05) is 19.8 Å². The van der Waals surface area contributed by atoms with Gasteiger partial charge in [-0.2, -0.15) is 4.98 Å². The summed E-state index contributed by atoms with van der Waals surface area (Å²) in [5.41, 5.74) is 0.671. The van der Waals surface area contributed by atoms with Crippen LogP contribution in [0.15, 0.2) is 27.3 Å². The van der Waals surface area contributed by atoms with Crippen molar-refractivity contribution in [1.29, 1.82) is 0 Å². The zero-order valence-electron chi connectivity index (χ0n) is 9.47. The van der Waals surface area contributed by atoms with E-state index in [-0.39, 0.29) is 6.04 Å². The predicted molar refractivity (Wildman–Crippen MR) is 66.8 cm³/mol. The molecule has 0 aliphatic carbocycles. The molecule has 94 valence electrons. The van der Waals surface area contributed by atoms with Crippen molar-refractivity contribution in [3.05, 3.63) is 28.7 Å². The third kappa shape index (κ3) is 2.29. The summed E-state index contributed by atoms with van der Waals surface area (Å²) in [5, 5.41) is 7.21. The summed E-state index contributed by atoms with van der Waals surface area (Å²) >= 11 is 3.41. The summed E-state index contributed by atoms with van der Waals surface area (Å²) in [6.07, 6.45) is 1.69. The zero-order valence-corrected chi connectivity index (χ0v) is 11.1. The molecule has 0 spiro atoms. The number of nitrogens with zero attached hydrogens (tertiary/aromatic N) is 3. The van der Waals surface area contributed by atoms with Crippen molar-refractivity contribution in [3.63, 3.8) is 0 Å². The van der Waals surface area contributed by atoms with Crippen LogP contribution in [-0.4, -0.2) is 34.9 Å². The van der Waals surface area contributed by atoms with Gasteiger partial charge in [0.2, 0.25) is 11.7 Å². The van der Waals surface area contributed by atoms with E-state index in [1.165, 1.54) is 0 Å². The lowest BCUT2D eigenvalue weighted by atomic mass is 10.3. The molecule has 2 aromatic rings. The molecular weight excluding hydrogens is 300 g/mol. The van der Waals surface area contributed by atoms with E-state index < -0.39 is 0 Å². The van der Waals surface area contributed by atoms with Gasteiger partial charge in [0, 0.05) is 17.2 Å². The topological polar surface area (TPSA) is 73.1 Å². The molecule has 1 saturated heterocycles. The number of hydrogen-bond donors (Lipinski definition) is 1. The van der Waals surface area contributed by atoms with Gasteiger partial charge in [-0.1, -0.05) is 5.16 Å². The lowest BCUT2D eigenvalue weighted by Crippen LogP contribution is -2.34. The van der Waals surface area contributed by atoms with Gasteiger partial charge in [0.25, 0.3) is 0 Å². The van der Waals surface area contributed by atoms with Gasteiger partial charge in [0.1, 0.15) is 11.7 Å². The standard InChI is InChI=1S/C11H11BrN4O2/c12-7-2-1-3-14-9(7)10-15-11(18-16-10)8-6-17-5-4-13-8/h1-3,8,13H,4-6H2. The normalized spacial score (nSPS) is 19.9. The van der Waals surface area contributed by atoms with Gasteiger partial charge in [-0.05, 0) is 28.1 Å². The minimum atomic E-state index is -0.0394. The summed E-state index contributed by atoms with van der Waals surface area (Å²) in [5.74, 6) is 1.01. The molecule has 2 aromatic heterocycles. The highest BCUT2D eigenvalue weighted by atomic mass is 79.9. The fourth-order valence-electron chi connectivity index (χ4n) is 1.75. The fraction of sp³-hybridized carbons (Fsp3) is 0.364. The third-order valence-electron chi connectivity index (χ3n) is 2.63. The lowest BCUT2D eigenvalue weighted by molar-refractivity contribution is 0.0659. The zero-order chi connectivity index (χ0) is 12.4. The van der Waals surface area contributed by atoms with Gasteiger partial charge >= 0.3 is 0 Å². The molecule has 1 atom stereocenters. The van der Waals surface area contributed by atoms with E-state index >= 15 is 0 Å². The van der Waals surface area contributed by atoms with E-state index in [0.29, 0.717) is 30.6 Å². The van der Waals surface area contributed by atoms with Crippen LogP contribution in [0.4, 0.5) is 0 Å². The molecule has 1 fully saturated rings. The first kappa shape index (κ1) is 11.8. The Labute approximate surface area is 112 Å². The Morgan fingerprint density at radius 3 is 3.17 bits per heavy atom. The first-order valence-electron chi connectivity index (χ1n) is 5.60. The van der Waals surface area contributed by atoms with Crippen LogP contribution < -0.4 is 5.32 Å². The largest absolute Gasteiger partial charge is 0.378 e. The first-order valence-corrected chi connectivity index (χ1v) is 6.39. The highest BCUT2D eigenvalue weighted by Crippen LogP contribution is 2.24. The van der Waals surface area contributed by atoms with Crippen molar-refractivity contribution < 1.29 is 9.26 Å². The average molecular weight is 311 g/mol. The van der Waals surface area contributed by atoms with Crippen molar-refractivity contribution in [2.45, 2.75) is 6.04 Å². The van der Waals surface area contributed by atoms with Crippen LogP contribution in [0, 0.1) is 0 Å². The maximum atomic E-state index is 5.36. The van der Waals surface area contributed by atoms with Crippen molar-refractivity contribution in [2.24, 2.45) is 0 Å². The number of nitrogens with one attached hydrogen (secondary N) is 1. The van der Waals surface area contributed by atoms with Crippen LogP contribution in [0.1, 0.15) is 11.9 Å². The third-order valence-corrected chi connectivity index (χ3v) is 3.27. The molecule has 18 heavy (non-hydrogen) atoms. The van der Waals surface area contributed by atoms with Gasteiger partial charge in [0.15, 0.2) is 0 Å². The predicted octanol–water partition coefficient (Wildman–Crippen LogP) is 1.55. The van der Waals surface area contributed by atoms with Gasteiger partial charge in [-0.25, -0.2) is 0 Å². The molecule has 1 N–H and O–H groups in total. The SMILES string of the molecule is Brc1cccnc1-c1noc(C2COCCN2)n1. The minimum Gasteiger partial charge on any atom is -0.378 e. The Balaban J connectivity index is 1.87. The molecule has 3 rings (SSSR count). The second-order valence-electron chi connectivity index (χ2n) is 3.87. The summed E-state index contributed by atoms with van der Waals surface area (Å²) in [6.45, 7) is 2.05. The maximum absolute atomic E-state index is 5.36. The van der Waals surface area contributed by atoms with Crippen LogP contribution >= 0.6 is 15.9 Å². The Morgan fingerprint density at radius 2 is 2.39 bits per heavy atom. The Kier molecular flexibility index (Phi) is 3.35. The van der Waals surface area contributed by atoms with E-state index in [1.807, 2.05) is 12.1 Å². The van der Waals surface area contributed by atoms with Crippen LogP contribution in [-0.2, 0) is 4.74 Å². The lowest BCUT2D eigenvalue weighted by Gasteiger charge is -2.20. The summed E-state index contributed by atoms with van der Waals surface area (Å²) in [6, 6.07) is 3.69. The van der Waals surface area contributed by atoms with Crippen molar-refractivity contribution >= 4 is 15.9 Å². The molecule has 0 radical (unpaired) electrons. The maximum Gasteiger partial charge on any atom is 0.246 e. The number of aromatic nitrogens is 3. The number of halogens is 1. The highest BCUT2D eigenvalue weighted by Gasteiger charge is 2.22. The van der Waals surface area contributed by atoms with Gasteiger partial charge in [-0.15, -0.1) is 0 Å². The Morgan fingerprint density at radius 1 is 1.44 bits per heavy atom. The average Bonchev–Trinajstić information content (AvgIpc) is 2.90. The molecule has 3 heterocycles. The number of pyridine rings is 1. The van der Waals surface area contributed by atoms with Gasteiger partial charge in [-0.3, -0.25) is 4.98 Å². The minimum absolute atomic E-state index is 0.0394. The Bertz CT molecular complexity index is 539. The van der Waals surface area contributed by atoms with E-state index in [0.717, 1.165) is 11.0 Å². The van der Waals surface area contributed by atoms with Gasteiger partial charge < -0.3 is 14.6 Å². The monoisotopic (exact) mass is 310 g/mol. The van der Waals surface area contributed by atoms with E-state index in [4.69, 9.17) is 9.26 Å². The molecular formula is C11H11BrN4O2. The number of hydrogen-bond acceptors (Lipinski definition) is 6. The van der Waals surface area contributed by atoms with Gasteiger partial charge in [0.05, 0.1) is 13.2 Å². The van der Waals surface area contributed by atoms with Crippen molar-refractivity contribution in [1.82, 2.24) is 20.4 Å². The molecule has 0 aromatic carbocycles. The molecule has 0 bridgehead atoms. The number of rotatable bonds is 2. The molecule has 0 saturated carbocycles. The van der Waals surface area contributed by atoms with Crippen molar-refractivity contribution in [3.8, 4) is 11.5 Å². The second-order valence-corrected chi connectivity index (χ2v) is 4.73. The fourth-order valence-corrected chi connectivity index (χ4v) is 2.18. The molecule has 1 unspecified atom stereocenters. The van der Waals surface area contributed by atoms with Crippen LogP contribution in [0.3, 0.4) is 0 Å². The van der Waals surface area contributed by atoms with Crippen LogP contribution in [0.2, 0.25) is 0 Å². The molecule has 6 nitrogen and oxygen atoms in total. The summed E-state index contributed by atoms with van der Waals surface area (Å²) in [4.78, 5) is 8.58. The van der Waals surface area contributed by atoms with E-state index in [2.05, 4.69) is 36.4 Å². The first-order chi connectivity index (χ1) is 8.84. The molecule has 7 heteroatoms. The number of ether oxygens (including phenoxy) is 1. The van der Waals surface area contributed by atoms with Crippen LogP contribution in [0.25, 0.3) is 11.5 Å². The quantitative estimate of drug-likeness (QED) is 0.907. The number of morpholine rings is 1. The second kappa shape index (κ2) is 5.13.